The molecule has 1 aromatic rings. The maximum absolute atomic E-state index is 5.40. The highest BCUT2D eigenvalue weighted by Gasteiger charge is 2.17. The first-order valence-electron chi connectivity index (χ1n) is 7.56. The van der Waals surface area contributed by atoms with E-state index >= 15 is 0 Å². The van der Waals surface area contributed by atoms with E-state index < -0.39 is 0 Å². The Morgan fingerprint density at radius 3 is 2.64 bits per heavy atom. The molecule has 6 nitrogen and oxygen atoms in total. The average Bonchev–Trinajstić information content (AvgIpc) is 2.55. The predicted molar refractivity (Wildman–Crippen MR) is 88.9 cm³/mol. The average molecular weight is 306 g/mol. The van der Waals surface area contributed by atoms with E-state index in [2.05, 4.69) is 40.7 Å². The summed E-state index contributed by atoms with van der Waals surface area (Å²) in [7, 11) is 7.44. The van der Waals surface area contributed by atoms with Gasteiger partial charge in [-0.25, -0.2) is 0 Å². The smallest absolute Gasteiger partial charge is 0.191 e. The Balaban J connectivity index is 2.11. The number of nitrogens with zero attached hydrogens (tertiary/aromatic N) is 2. The third-order valence-electron chi connectivity index (χ3n) is 3.78. The van der Waals surface area contributed by atoms with Gasteiger partial charge in [0.1, 0.15) is 0 Å². The van der Waals surface area contributed by atoms with Crippen molar-refractivity contribution in [2.24, 2.45) is 4.99 Å². The van der Waals surface area contributed by atoms with E-state index in [-0.39, 0.29) is 6.04 Å². The summed E-state index contributed by atoms with van der Waals surface area (Å²) in [6.07, 6.45) is 1.10. The molecule has 0 aromatic heterocycles. The minimum atomic E-state index is 0.214. The number of hydrogen-bond donors (Lipinski definition) is 2. The van der Waals surface area contributed by atoms with E-state index in [1.165, 1.54) is 5.56 Å². The zero-order valence-corrected chi connectivity index (χ0v) is 13.8. The number of benzene rings is 1. The maximum Gasteiger partial charge on any atom is 0.191 e. The summed E-state index contributed by atoms with van der Waals surface area (Å²) in [5.41, 5.74) is 1.17. The van der Waals surface area contributed by atoms with Crippen LogP contribution in [-0.2, 0) is 0 Å². The van der Waals surface area contributed by atoms with Crippen molar-refractivity contribution < 1.29 is 9.47 Å². The number of ether oxygens (including phenoxy) is 2. The quantitative estimate of drug-likeness (QED) is 0.828. The predicted octanol–water partition coefficient (Wildman–Crippen LogP) is 1.25. The highest BCUT2D eigenvalue weighted by molar-refractivity contribution is 5.80. The summed E-state index contributed by atoms with van der Waals surface area (Å²) < 4.78 is 10.7. The van der Waals surface area contributed by atoms with Crippen LogP contribution < -0.4 is 20.1 Å². The van der Waals surface area contributed by atoms with Gasteiger partial charge >= 0.3 is 0 Å². The first-order valence-corrected chi connectivity index (χ1v) is 7.56. The molecule has 0 radical (unpaired) electrons. The second kappa shape index (κ2) is 7.89. The van der Waals surface area contributed by atoms with Crippen LogP contribution in [-0.4, -0.2) is 58.8 Å². The lowest BCUT2D eigenvalue weighted by Crippen LogP contribution is -2.44. The second-order valence-corrected chi connectivity index (χ2v) is 5.49. The Bertz CT molecular complexity index is 517. The lowest BCUT2D eigenvalue weighted by molar-refractivity contribution is 0.295. The molecule has 0 bridgehead atoms. The molecule has 0 fully saturated rings. The summed E-state index contributed by atoms with van der Waals surface area (Å²) in [6, 6.07) is 6.26. The van der Waals surface area contributed by atoms with Crippen LogP contribution in [0, 0.1) is 0 Å². The van der Waals surface area contributed by atoms with Crippen molar-refractivity contribution in [1.82, 2.24) is 15.5 Å². The van der Waals surface area contributed by atoms with Crippen LogP contribution in [0.2, 0.25) is 0 Å². The van der Waals surface area contributed by atoms with Crippen molar-refractivity contribution in [3.63, 3.8) is 0 Å². The van der Waals surface area contributed by atoms with Gasteiger partial charge in [0.25, 0.3) is 0 Å². The van der Waals surface area contributed by atoms with Crippen LogP contribution in [0.3, 0.4) is 0 Å². The summed E-state index contributed by atoms with van der Waals surface area (Å²) in [6.45, 7) is 2.64. The summed E-state index contributed by atoms with van der Waals surface area (Å²) in [5.74, 6) is 2.38. The fourth-order valence-electron chi connectivity index (χ4n) is 2.50. The monoisotopic (exact) mass is 306 g/mol. The zero-order valence-electron chi connectivity index (χ0n) is 13.8. The van der Waals surface area contributed by atoms with E-state index in [0.717, 1.165) is 43.5 Å². The number of rotatable bonds is 6. The molecular formula is C16H26N4O2. The van der Waals surface area contributed by atoms with E-state index in [9.17, 15) is 0 Å². The highest BCUT2D eigenvalue weighted by Crippen LogP contribution is 2.31. The molecule has 0 amide bonds. The molecule has 2 rings (SSSR count). The maximum atomic E-state index is 5.40. The standard InChI is InChI=1S/C16H26N4O2/c1-20(2)13(11-19-16-17-8-5-9-18-16)12-6-7-14(21-3)15(10-12)22-4/h6-7,10,13H,5,8-9,11H2,1-4H3,(H2,17,18,19). The fourth-order valence-corrected chi connectivity index (χ4v) is 2.50. The second-order valence-electron chi connectivity index (χ2n) is 5.49. The Labute approximate surface area is 132 Å². The summed E-state index contributed by atoms with van der Waals surface area (Å²) in [5, 5.41) is 6.67. The van der Waals surface area contributed by atoms with Gasteiger partial charge in [0.05, 0.1) is 20.3 Å². The topological polar surface area (TPSA) is 58.1 Å². The molecule has 1 aromatic carbocycles. The molecule has 22 heavy (non-hydrogen) atoms. The molecule has 122 valence electrons. The largest absolute Gasteiger partial charge is 0.493 e. The van der Waals surface area contributed by atoms with Crippen LogP contribution >= 0.6 is 0 Å². The van der Waals surface area contributed by atoms with Gasteiger partial charge in [0, 0.05) is 19.6 Å². The number of guanidine groups is 1. The first-order chi connectivity index (χ1) is 10.7. The van der Waals surface area contributed by atoms with E-state index in [1.54, 1.807) is 14.2 Å². The number of hydrogen-bond acceptors (Lipinski definition) is 6. The Morgan fingerprint density at radius 1 is 1.27 bits per heavy atom. The molecule has 1 aliphatic rings. The van der Waals surface area contributed by atoms with Crippen LogP contribution in [0.4, 0.5) is 0 Å². The lowest BCUT2D eigenvalue weighted by Gasteiger charge is -2.27. The van der Waals surface area contributed by atoms with Gasteiger partial charge in [0.2, 0.25) is 0 Å². The number of methoxy groups -OCH3 is 2. The van der Waals surface area contributed by atoms with Crippen LogP contribution in [0.15, 0.2) is 23.2 Å². The van der Waals surface area contributed by atoms with Gasteiger partial charge in [-0.1, -0.05) is 6.07 Å². The van der Waals surface area contributed by atoms with E-state index in [1.807, 2.05) is 12.1 Å². The van der Waals surface area contributed by atoms with Gasteiger partial charge < -0.3 is 25.0 Å². The van der Waals surface area contributed by atoms with Gasteiger partial charge in [-0.2, -0.15) is 0 Å². The van der Waals surface area contributed by atoms with Crippen molar-refractivity contribution >= 4 is 5.96 Å². The number of likely N-dealkylation sites (N-methyl/N-ethyl adjacent to an activating group) is 1. The van der Waals surface area contributed by atoms with Crippen molar-refractivity contribution in [1.29, 1.82) is 0 Å². The molecule has 0 spiro atoms. The molecule has 0 saturated heterocycles. The van der Waals surface area contributed by atoms with Crippen molar-refractivity contribution in [2.45, 2.75) is 12.5 Å². The Kier molecular flexibility index (Phi) is 5.89. The Hall–Kier alpha value is -1.95. The third kappa shape index (κ3) is 4.04. The molecule has 1 atom stereocenters. The van der Waals surface area contributed by atoms with Gasteiger partial charge in [-0.3, -0.25) is 4.99 Å². The van der Waals surface area contributed by atoms with E-state index in [0.29, 0.717) is 0 Å². The van der Waals surface area contributed by atoms with Gasteiger partial charge in [0.15, 0.2) is 17.5 Å². The minimum absolute atomic E-state index is 0.214. The van der Waals surface area contributed by atoms with Crippen LogP contribution in [0.1, 0.15) is 18.0 Å². The molecule has 1 unspecified atom stereocenters. The van der Waals surface area contributed by atoms with Crippen LogP contribution in [0.5, 0.6) is 11.5 Å². The summed E-state index contributed by atoms with van der Waals surface area (Å²) in [4.78, 5) is 6.62. The number of nitrogens with one attached hydrogen (secondary N) is 2. The molecule has 0 aliphatic carbocycles. The fraction of sp³-hybridized carbons (Fsp3) is 0.562. The molecule has 6 heteroatoms. The van der Waals surface area contributed by atoms with E-state index in [4.69, 9.17) is 9.47 Å². The first kappa shape index (κ1) is 16.4. The lowest BCUT2D eigenvalue weighted by atomic mass is 10.1. The molecule has 1 aliphatic heterocycles. The van der Waals surface area contributed by atoms with Gasteiger partial charge in [-0.15, -0.1) is 0 Å². The van der Waals surface area contributed by atoms with Crippen molar-refractivity contribution in [3.8, 4) is 11.5 Å². The summed E-state index contributed by atoms with van der Waals surface area (Å²) >= 11 is 0. The minimum Gasteiger partial charge on any atom is -0.493 e. The van der Waals surface area contributed by atoms with Crippen molar-refractivity contribution in [3.05, 3.63) is 23.8 Å². The molecule has 1 heterocycles. The Morgan fingerprint density at radius 2 is 2.05 bits per heavy atom. The van der Waals surface area contributed by atoms with Crippen LogP contribution in [0.25, 0.3) is 0 Å². The number of aliphatic imine (C=N–C) groups is 1. The molecular weight excluding hydrogens is 280 g/mol. The highest BCUT2D eigenvalue weighted by atomic mass is 16.5. The molecule has 0 saturated carbocycles. The SMILES string of the molecule is COc1ccc(C(CNC2=NCCCN2)N(C)C)cc1OC. The van der Waals surface area contributed by atoms with Crippen molar-refractivity contribution in [2.75, 3.05) is 47.9 Å². The molecule has 2 N–H and O–H groups in total. The normalized spacial score (nSPS) is 15.8. The van der Waals surface area contributed by atoms with Gasteiger partial charge in [-0.05, 0) is 38.2 Å². The zero-order chi connectivity index (χ0) is 15.9. The third-order valence-corrected chi connectivity index (χ3v) is 3.78.